The molecule has 0 saturated heterocycles. The van der Waals surface area contributed by atoms with Crippen molar-refractivity contribution in [1.29, 1.82) is 0 Å². The number of carboxylic acids is 1. The minimum Gasteiger partial charge on any atom is -0.480 e. The Balaban J connectivity index is 1.78. The molecule has 2 aliphatic rings. The number of hydrogen-bond donors (Lipinski definition) is 3. The number of carboxylic acid groups (broad SMARTS) is 1. The van der Waals surface area contributed by atoms with Gasteiger partial charge < -0.3 is 15.7 Å². The van der Waals surface area contributed by atoms with Crippen molar-refractivity contribution in [3.63, 3.8) is 0 Å². The Morgan fingerprint density at radius 3 is 2.53 bits per heavy atom. The monoisotopic (exact) mass is 414 g/mol. The van der Waals surface area contributed by atoms with Crippen LogP contribution in [0.25, 0.3) is 0 Å². The van der Waals surface area contributed by atoms with Gasteiger partial charge in [-0.3, -0.25) is 14.4 Å². The summed E-state index contributed by atoms with van der Waals surface area (Å²) in [5.41, 5.74) is 3.55. The molecule has 1 fully saturated rings. The van der Waals surface area contributed by atoms with Crippen LogP contribution in [0.1, 0.15) is 76.0 Å². The highest BCUT2D eigenvalue weighted by molar-refractivity contribution is 5.89. The van der Waals surface area contributed by atoms with Crippen molar-refractivity contribution >= 4 is 17.8 Å². The van der Waals surface area contributed by atoms with Crippen molar-refractivity contribution < 1.29 is 19.5 Å². The van der Waals surface area contributed by atoms with Gasteiger partial charge in [0.2, 0.25) is 11.8 Å². The van der Waals surface area contributed by atoms with Crippen molar-refractivity contribution in [1.82, 2.24) is 10.6 Å². The zero-order valence-electron chi connectivity index (χ0n) is 18.5. The van der Waals surface area contributed by atoms with E-state index in [0.717, 1.165) is 32.1 Å². The number of fused-ring (bicyclic) bond motifs is 3. The Morgan fingerprint density at radius 1 is 1.13 bits per heavy atom. The van der Waals surface area contributed by atoms with Crippen molar-refractivity contribution in [2.45, 2.75) is 71.1 Å². The van der Waals surface area contributed by atoms with Crippen molar-refractivity contribution in [3.8, 4) is 0 Å². The van der Waals surface area contributed by atoms with E-state index in [1.165, 1.54) is 16.7 Å². The van der Waals surface area contributed by atoms with Gasteiger partial charge in [-0.2, -0.15) is 0 Å². The highest BCUT2D eigenvalue weighted by atomic mass is 16.4. The Hall–Kier alpha value is -2.37. The van der Waals surface area contributed by atoms with Gasteiger partial charge in [-0.05, 0) is 59.6 Å². The molecule has 2 amide bonds. The molecule has 0 spiro atoms. The first-order chi connectivity index (χ1) is 14.1. The lowest BCUT2D eigenvalue weighted by molar-refractivity contribution is -0.140. The van der Waals surface area contributed by atoms with E-state index in [9.17, 15) is 14.4 Å². The van der Waals surface area contributed by atoms with Gasteiger partial charge in [-0.25, -0.2) is 0 Å². The summed E-state index contributed by atoms with van der Waals surface area (Å²) in [5.74, 6) is -0.991. The number of nitrogens with one attached hydrogen (secondary N) is 2. The first-order valence-corrected chi connectivity index (χ1v) is 11.0. The Morgan fingerprint density at radius 2 is 1.87 bits per heavy atom. The minimum atomic E-state index is -1.11. The van der Waals surface area contributed by atoms with E-state index in [-0.39, 0.29) is 23.8 Å². The molecule has 0 bridgehead atoms. The fourth-order valence-electron chi connectivity index (χ4n) is 5.74. The predicted octanol–water partition coefficient (Wildman–Crippen LogP) is 3.14. The molecule has 0 heterocycles. The van der Waals surface area contributed by atoms with Crippen LogP contribution in [-0.4, -0.2) is 36.0 Å². The molecule has 0 aromatic heterocycles. The third kappa shape index (κ3) is 4.09. The normalized spacial score (nSPS) is 27.7. The van der Waals surface area contributed by atoms with Crippen LogP contribution in [0.2, 0.25) is 0 Å². The molecule has 0 unspecified atom stereocenters. The summed E-state index contributed by atoms with van der Waals surface area (Å²) < 4.78 is 0. The average Bonchev–Trinajstić information content (AvgIpc) is 2.69. The van der Waals surface area contributed by atoms with Crippen LogP contribution in [0.5, 0.6) is 0 Å². The fraction of sp³-hybridized carbons (Fsp3) is 0.625. The van der Waals surface area contributed by atoms with Crippen LogP contribution in [0, 0.1) is 11.3 Å². The maximum atomic E-state index is 13.2. The third-order valence-electron chi connectivity index (χ3n) is 7.41. The molecular formula is C24H34N2O4. The Labute approximate surface area is 178 Å². The molecule has 1 aromatic rings. The van der Waals surface area contributed by atoms with Gasteiger partial charge in [-0.1, -0.05) is 52.3 Å². The van der Waals surface area contributed by atoms with Crippen molar-refractivity contribution in [2.75, 3.05) is 13.1 Å². The van der Waals surface area contributed by atoms with Gasteiger partial charge in [0.1, 0.15) is 6.54 Å². The van der Waals surface area contributed by atoms with E-state index in [0.29, 0.717) is 5.92 Å². The van der Waals surface area contributed by atoms with E-state index in [2.05, 4.69) is 49.6 Å². The van der Waals surface area contributed by atoms with Gasteiger partial charge in [0.15, 0.2) is 0 Å². The zero-order chi connectivity index (χ0) is 22.1. The summed E-state index contributed by atoms with van der Waals surface area (Å²) in [6, 6.07) is 6.86. The van der Waals surface area contributed by atoms with Crippen molar-refractivity contribution in [3.05, 3.63) is 34.9 Å². The topological polar surface area (TPSA) is 95.5 Å². The highest BCUT2D eigenvalue weighted by Crippen LogP contribution is 2.57. The lowest BCUT2D eigenvalue weighted by atomic mass is 9.49. The Bertz CT molecular complexity index is 850. The van der Waals surface area contributed by atoms with Crippen molar-refractivity contribution in [2.24, 2.45) is 11.3 Å². The fourth-order valence-corrected chi connectivity index (χ4v) is 5.74. The lowest BCUT2D eigenvalue weighted by Gasteiger charge is -2.54. The number of carbonyl (C=O) groups is 3. The maximum Gasteiger partial charge on any atom is 0.322 e. The van der Waals surface area contributed by atoms with E-state index >= 15 is 0 Å². The molecule has 30 heavy (non-hydrogen) atoms. The number of aliphatic carboxylic acids is 1. The molecule has 3 N–H and O–H groups in total. The summed E-state index contributed by atoms with van der Waals surface area (Å²) in [7, 11) is 0. The minimum absolute atomic E-state index is 0.0565. The second-order valence-corrected chi connectivity index (χ2v) is 9.70. The average molecular weight is 415 g/mol. The number of hydrogen-bond acceptors (Lipinski definition) is 3. The van der Waals surface area contributed by atoms with Crippen LogP contribution >= 0.6 is 0 Å². The number of carbonyl (C=O) groups excluding carboxylic acids is 2. The summed E-state index contributed by atoms with van der Waals surface area (Å²) in [6.45, 7) is 8.12. The lowest BCUT2D eigenvalue weighted by Crippen LogP contribution is -2.56. The first kappa shape index (κ1) is 22.3. The summed E-state index contributed by atoms with van der Waals surface area (Å²) >= 11 is 0. The van der Waals surface area contributed by atoms with Gasteiger partial charge >= 0.3 is 5.97 Å². The summed E-state index contributed by atoms with van der Waals surface area (Å²) in [6.07, 6.45) is 4.76. The van der Waals surface area contributed by atoms with E-state index < -0.39 is 23.8 Å². The van der Waals surface area contributed by atoms with E-state index in [1.807, 2.05) is 6.92 Å². The molecule has 0 radical (unpaired) electrons. The maximum absolute atomic E-state index is 13.2. The standard InChI is InChI=1S/C24H34N2O4/c1-15(2)16-6-8-18-17(12-16)7-9-19-23(18,3)10-5-11-24(19,4)22(30)26-13-20(27)25-14-21(28)29/h6,8,12,15,19H,5,7,9-11,13-14H2,1-4H3,(H,25,27)(H,26,30)(H,28,29)/t19-,23-,24-/m1/s1. The number of benzene rings is 1. The third-order valence-corrected chi connectivity index (χ3v) is 7.41. The van der Waals surface area contributed by atoms with Crippen LogP contribution in [0.3, 0.4) is 0 Å². The SMILES string of the molecule is CC(C)c1ccc2c(c1)CC[C@H]1[C@](C)(C(=O)NCC(=O)NCC(=O)O)CCC[C@]21C. The summed E-state index contributed by atoms with van der Waals surface area (Å²) in [5, 5.41) is 13.7. The van der Waals surface area contributed by atoms with E-state index in [1.54, 1.807) is 0 Å². The smallest absolute Gasteiger partial charge is 0.322 e. The van der Waals surface area contributed by atoms with Gasteiger partial charge in [-0.15, -0.1) is 0 Å². The van der Waals surface area contributed by atoms with E-state index in [4.69, 9.17) is 5.11 Å². The number of aryl methyl sites for hydroxylation is 1. The highest BCUT2D eigenvalue weighted by Gasteiger charge is 2.54. The second-order valence-electron chi connectivity index (χ2n) is 9.70. The Kier molecular flexibility index (Phi) is 6.25. The molecule has 1 aromatic carbocycles. The number of amides is 2. The van der Waals surface area contributed by atoms with Crippen LogP contribution in [0.4, 0.5) is 0 Å². The molecule has 2 aliphatic carbocycles. The second kappa shape index (κ2) is 8.40. The molecule has 6 heteroatoms. The molecule has 6 nitrogen and oxygen atoms in total. The first-order valence-electron chi connectivity index (χ1n) is 11.0. The molecular weight excluding hydrogens is 380 g/mol. The summed E-state index contributed by atoms with van der Waals surface area (Å²) in [4.78, 5) is 35.6. The predicted molar refractivity (Wildman–Crippen MR) is 115 cm³/mol. The van der Waals surface area contributed by atoms with Gasteiger partial charge in [0.05, 0.1) is 12.0 Å². The van der Waals surface area contributed by atoms with Gasteiger partial charge in [0.25, 0.3) is 0 Å². The quantitative estimate of drug-likeness (QED) is 0.666. The van der Waals surface area contributed by atoms with Crippen LogP contribution < -0.4 is 10.6 Å². The largest absolute Gasteiger partial charge is 0.480 e. The van der Waals surface area contributed by atoms with Crippen LogP contribution in [0.15, 0.2) is 18.2 Å². The zero-order valence-corrected chi connectivity index (χ0v) is 18.5. The number of rotatable bonds is 6. The molecule has 3 rings (SSSR count). The van der Waals surface area contributed by atoms with Gasteiger partial charge in [0, 0.05) is 0 Å². The molecule has 0 aliphatic heterocycles. The molecule has 3 atom stereocenters. The van der Waals surface area contributed by atoms with Crippen LogP contribution in [-0.2, 0) is 26.2 Å². The molecule has 164 valence electrons. The molecule has 1 saturated carbocycles.